The molecule has 1 aliphatic rings. The number of fused-ring (bicyclic) bond motifs is 3. The van der Waals surface area contributed by atoms with Crippen molar-refractivity contribution in [1.82, 2.24) is 19.4 Å². The van der Waals surface area contributed by atoms with Gasteiger partial charge in [-0.2, -0.15) is 0 Å². The molecule has 0 bridgehead atoms. The molecule has 1 aromatic carbocycles. The number of aromatic carboxylic acids is 1. The van der Waals surface area contributed by atoms with Gasteiger partial charge in [0.15, 0.2) is 5.69 Å². The largest absolute Gasteiger partial charge is 0.476 e. The Morgan fingerprint density at radius 2 is 1.97 bits per heavy atom. The summed E-state index contributed by atoms with van der Waals surface area (Å²) in [5.41, 5.74) is 3.29. The van der Waals surface area contributed by atoms with Gasteiger partial charge in [0.05, 0.1) is 17.2 Å². The van der Waals surface area contributed by atoms with Crippen LogP contribution in [0.1, 0.15) is 47.4 Å². The van der Waals surface area contributed by atoms with Crippen LogP contribution in [0, 0.1) is 6.92 Å². The molecule has 0 radical (unpaired) electrons. The number of rotatable bonds is 5. The van der Waals surface area contributed by atoms with Crippen LogP contribution < -0.4 is 10.2 Å². The van der Waals surface area contributed by atoms with E-state index in [4.69, 9.17) is 16.6 Å². The second-order valence-electron chi connectivity index (χ2n) is 8.83. The van der Waals surface area contributed by atoms with Crippen molar-refractivity contribution in [2.75, 3.05) is 23.3 Å². The summed E-state index contributed by atoms with van der Waals surface area (Å²) >= 11 is 5.89. The Morgan fingerprint density at radius 3 is 2.69 bits per heavy atom. The van der Waals surface area contributed by atoms with Crippen molar-refractivity contribution in [1.29, 1.82) is 0 Å². The lowest BCUT2D eigenvalue weighted by atomic mass is 10.0. The summed E-state index contributed by atoms with van der Waals surface area (Å²) in [6.07, 6.45) is 2.99. The Balaban J connectivity index is 1.62. The molecule has 8 nitrogen and oxygen atoms in total. The SMILES string of the molecule is Cc1cc(C(C)Nc2ccc(Cl)nc2C(=O)O)c2nc(N3CCC(F)(F)CC3)n3ccnc3c2c1. The third kappa shape index (κ3) is 4.34. The number of alkyl halides is 2. The molecule has 0 saturated carbocycles. The van der Waals surface area contributed by atoms with Crippen LogP contribution >= 0.6 is 11.6 Å². The van der Waals surface area contributed by atoms with Crippen LogP contribution in [0.5, 0.6) is 0 Å². The summed E-state index contributed by atoms with van der Waals surface area (Å²) < 4.78 is 29.4. The van der Waals surface area contributed by atoms with Crippen molar-refractivity contribution < 1.29 is 18.7 Å². The minimum absolute atomic E-state index is 0.0849. The van der Waals surface area contributed by atoms with Gasteiger partial charge in [-0.1, -0.05) is 17.7 Å². The fraction of sp³-hybridized carbons (Fsp3) is 0.333. The monoisotopic (exact) mass is 500 g/mol. The first-order valence-corrected chi connectivity index (χ1v) is 11.6. The molecule has 0 amide bonds. The van der Waals surface area contributed by atoms with E-state index in [2.05, 4.69) is 15.3 Å². The van der Waals surface area contributed by atoms with Crippen LogP contribution in [0.2, 0.25) is 5.15 Å². The van der Waals surface area contributed by atoms with E-state index in [1.807, 2.05) is 35.3 Å². The number of halogens is 3. The van der Waals surface area contributed by atoms with E-state index in [0.29, 0.717) is 22.8 Å². The summed E-state index contributed by atoms with van der Waals surface area (Å²) in [4.78, 5) is 26.9. The maximum Gasteiger partial charge on any atom is 0.356 e. The van der Waals surface area contributed by atoms with E-state index in [1.165, 1.54) is 6.07 Å². The lowest BCUT2D eigenvalue weighted by Gasteiger charge is -2.33. The Morgan fingerprint density at radius 1 is 1.23 bits per heavy atom. The van der Waals surface area contributed by atoms with E-state index >= 15 is 0 Å². The number of nitrogens with one attached hydrogen (secondary N) is 1. The number of benzene rings is 1. The summed E-state index contributed by atoms with van der Waals surface area (Å²) in [5, 5.41) is 13.7. The minimum Gasteiger partial charge on any atom is -0.476 e. The number of carbonyl (C=O) groups is 1. The Labute approximate surface area is 204 Å². The fourth-order valence-electron chi connectivity index (χ4n) is 4.53. The molecule has 2 N–H and O–H groups in total. The summed E-state index contributed by atoms with van der Waals surface area (Å²) in [5.74, 6) is -3.31. The molecule has 35 heavy (non-hydrogen) atoms. The number of hydrogen-bond donors (Lipinski definition) is 2. The highest BCUT2D eigenvalue weighted by molar-refractivity contribution is 6.29. The first kappa shape index (κ1) is 23.2. The van der Waals surface area contributed by atoms with Crippen molar-refractivity contribution >= 4 is 45.8 Å². The highest BCUT2D eigenvalue weighted by Gasteiger charge is 2.35. The fourth-order valence-corrected chi connectivity index (χ4v) is 4.68. The number of piperidine rings is 1. The lowest BCUT2D eigenvalue weighted by Crippen LogP contribution is -2.40. The van der Waals surface area contributed by atoms with Crippen LogP contribution in [0.15, 0.2) is 36.7 Å². The number of pyridine rings is 1. The summed E-state index contributed by atoms with van der Waals surface area (Å²) in [6, 6.07) is 6.70. The van der Waals surface area contributed by atoms with E-state index in [-0.39, 0.29) is 42.8 Å². The smallest absolute Gasteiger partial charge is 0.356 e. The van der Waals surface area contributed by atoms with Gasteiger partial charge in [0.1, 0.15) is 10.8 Å². The molecule has 1 unspecified atom stereocenters. The van der Waals surface area contributed by atoms with Gasteiger partial charge in [-0.3, -0.25) is 4.40 Å². The molecule has 5 rings (SSSR count). The Bertz CT molecular complexity index is 1450. The topological polar surface area (TPSA) is 95.6 Å². The number of nitrogens with zero attached hydrogens (tertiary/aromatic N) is 5. The van der Waals surface area contributed by atoms with Gasteiger partial charge in [-0.25, -0.2) is 28.5 Å². The Hall–Kier alpha value is -3.53. The normalized spacial score (nSPS) is 16.5. The minimum atomic E-state index is -2.67. The molecule has 0 spiro atoms. The number of anilines is 2. The van der Waals surface area contributed by atoms with E-state index in [0.717, 1.165) is 16.5 Å². The number of carboxylic acid groups (broad SMARTS) is 1. The molecule has 0 aliphatic carbocycles. The second kappa shape index (κ2) is 8.60. The average molecular weight is 501 g/mol. The number of hydrogen-bond acceptors (Lipinski definition) is 6. The van der Waals surface area contributed by atoms with Gasteiger partial charge < -0.3 is 15.3 Å². The van der Waals surface area contributed by atoms with Crippen LogP contribution in [-0.4, -0.2) is 49.4 Å². The molecular formula is C24H23ClF2N6O2. The van der Waals surface area contributed by atoms with Crippen molar-refractivity contribution in [2.24, 2.45) is 0 Å². The quantitative estimate of drug-likeness (QED) is 0.357. The standard InChI is InChI=1S/C24H23ClF2N6O2/c1-13-11-15(14(2)29-17-3-4-18(25)30-20(17)22(34)35)19-16(12-13)21-28-7-10-33(21)23(31-19)32-8-5-24(26,27)6-9-32/h3-4,7,10-12,14,29H,5-6,8-9H2,1-2H3,(H,34,35). The second-order valence-corrected chi connectivity index (χ2v) is 9.21. The predicted octanol–water partition coefficient (Wildman–Crippen LogP) is 5.35. The lowest BCUT2D eigenvalue weighted by molar-refractivity contribution is -0.0222. The highest BCUT2D eigenvalue weighted by atomic mass is 35.5. The van der Waals surface area contributed by atoms with Gasteiger partial charge >= 0.3 is 5.97 Å². The van der Waals surface area contributed by atoms with Gasteiger partial charge in [0.25, 0.3) is 5.92 Å². The molecule has 1 fully saturated rings. The first-order chi connectivity index (χ1) is 16.6. The zero-order chi connectivity index (χ0) is 24.9. The average Bonchev–Trinajstić information content (AvgIpc) is 3.30. The third-order valence-electron chi connectivity index (χ3n) is 6.27. The van der Waals surface area contributed by atoms with Crippen LogP contribution in [0.4, 0.5) is 20.4 Å². The van der Waals surface area contributed by atoms with E-state index in [9.17, 15) is 18.7 Å². The van der Waals surface area contributed by atoms with Crippen molar-refractivity contribution in [2.45, 2.75) is 38.7 Å². The van der Waals surface area contributed by atoms with Crippen molar-refractivity contribution in [3.63, 3.8) is 0 Å². The molecule has 4 heterocycles. The summed E-state index contributed by atoms with van der Waals surface area (Å²) in [6.45, 7) is 4.23. The number of imidazole rings is 1. The zero-order valence-electron chi connectivity index (χ0n) is 19.1. The third-order valence-corrected chi connectivity index (χ3v) is 6.48. The van der Waals surface area contributed by atoms with Gasteiger partial charge in [-0.05, 0) is 37.6 Å². The number of carboxylic acids is 1. The van der Waals surface area contributed by atoms with Gasteiger partial charge in [0, 0.05) is 49.3 Å². The van der Waals surface area contributed by atoms with Crippen molar-refractivity contribution in [3.8, 4) is 0 Å². The van der Waals surface area contributed by atoms with Gasteiger partial charge in [-0.15, -0.1) is 0 Å². The molecule has 1 atom stereocenters. The molecule has 182 valence electrons. The highest BCUT2D eigenvalue weighted by Crippen LogP contribution is 2.34. The van der Waals surface area contributed by atoms with Crippen molar-refractivity contribution in [3.05, 3.63) is 58.6 Å². The summed E-state index contributed by atoms with van der Waals surface area (Å²) in [7, 11) is 0. The molecule has 1 saturated heterocycles. The molecule has 1 aliphatic heterocycles. The molecule has 3 aromatic heterocycles. The van der Waals surface area contributed by atoms with Crippen LogP contribution in [-0.2, 0) is 0 Å². The van der Waals surface area contributed by atoms with Crippen LogP contribution in [0.25, 0.3) is 16.6 Å². The number of aromatic nitrogens is 4. The maximum absolute atomic E-state index is 13.8. The maximum atomic E-state index is 13.8. The molecule has 11 heteroatoms. The predicted molar refractivity (Wildman–Crippen MR) is 130 cm³/mol. The molecule has 4 aromatic rings. The van der Waals surface area contributed by atoms with Crippen LogP contribution in [0.3, 0.4) is 0 Å². The first-order valence-electron chi connectivity index (χ1n) is 11.2. The van der Waals surface area contributed by atoms with Gasteiger partial charge in [0.2, 0.25) is 5.95 Å². The zero-order valence-corrected chi connectivity index (χ0v) is 19.9. The van der Waals surface area contributed by atoms with E-state index < -0.39 is 11.9 Å². The van der Waals surface area contributed by atoms with E-state index in [1.54, 1.807) is 18.5 Å². The number of aryl methyl sites for hydroxylation is 1. The Kier molecular flexibility index (Phi) is 5.71. The molecular weight excluding hydrogens is 478 g/mol.